The Morgan fingerprint density at radius 1 is 1.02 bits per heavy atom. The number of H-pyrrole nitrogens is 1. The molecule has 0 bridgehead atoms. The fourth-order valence-electron chi connectivity index (χ4n) is 9.91. The molecule has 2 aromatic carbocycles. The van der Waals surface area contributed by atoms with Crippen molar-refractivity contribution in [1.29, 1.82) is 0 Å². The molecule has 2 saturated carbocycles. The first-order chi connectivity index (χ1) is 26.5. The number of carbonyl (C=O) groups excluding carboxylic acids is 1. The molecule has 0 unspecified atom stereocenters. The van der Waals surface area contributed by atoms with Gasteiger partial charge < -0.3 is 24.2 Å². The average molecular weight is 758 g/mol. The highest BCUT2D eigenvalue weighted by atomic mass is 19.4. The second-order valence-corrected chi connectivity index (χ2v) is 17.0. The number of fused-ring (bicyclic) bond motifs is 2. The largest absolute Gasteiger partial charge is 0.481 e. The zero-order chi connectivity index (χ0) is 38.1. The van der Waals surface area contributed by atoms with E-state index in [4.69, 9.17) is 19.4 Å². The van der Waals surface area contributed by atoms with E-state index in [0.29, 0.717) is 48.5 Å². The second kappa shape index (κ2) is 13.7. The number of alkyl halides is 3. The normalized spacial score (nSPS) is 21.3. The van der Waals surface area contributed by atoms with Crippen LogP contribution in [0.25, 0.3) is 32.9 Å². The Morgan fingerprint density at radius 2 is 1.75 bits per heavy atom. The number of hydrogen-bond acceptors (Lipinski definition) is 8. The van der Waals surface area contributed by atoms with Crippen LogP contribution in [0.15, 0.2) is 37.1 Å². The van der Waals surface area contributed by atoms with Crippen molar-refractivity contribution >= 4 is 33.5 Å². The number of benzene rings is 2. The van der Waals surface area contributed by atoms with Crippen LogP contribution >= 0.6 is 0 Å². The highest BCUT2D eigenvalue weighted by Crippen LogP contribution is 2.54. The summed E-state index contributed by atoms with van der Waals surface area (Å²) < 4.78 is 54.9. The molecule has 4 aromatic rings. The topological polar surface area (TPSA) is 99.7 Å². The quantitative estimate of drug-likeness (QED) is 0.163. The maximum Gasteiger partial charge on any atom is 0.422 e. The van der Waals surface area contributed by atoms with E-state index in [1.165, 1.54) is 6.08 Å². The first-order valence-corrected chi connectivity index (χ1v) is 20.0. The molecule has 55 heavy (non-hydrogen) atoms. The Morgan fingerprint density at radius 3 is 2.42 bits per heavy atom. The van der Waals surface area contributed by atoms with Crippen molar-refractivity contribution < 1.29 is 27.4 Å². The maximum absolute atomic E-state index is 14.1. The summed E-state index contributed by atoms with van der Waals surface area (Å²) >= 11 is 0. The summed E-state index contributed by atoms with van der Waals surface area (Å²) in [6.45, 7) is 12.5. The fourth-order valence-corrected chi connectivity index (χ4v) is 9.91. The van der Waals surface area contributed by atoms with Crippen molar-refractivity contribution in [3.05, 3.63) is 48.2 Å². The molecule has 292 valence electrons. The molecule has 3 saturated heterocycles. The standard InChI is InChI=1S/C42H50F3N7O3/c1-4-14-50-15-10-40(11-16-50)20-28(21-40)55-39-47-36-30(38(48-39)51-17-12-41(13-18-51)23-52(24-41)33(53)5-2)19-29(27-7-8-27)35(37(36)54-25-42(43,44)45)34-26(3)6-9-32-31(34)22-46-49-32/h5-6,9,19,22,27-28H,2,4,7-8,10-18,20-21,23-25H2,1,3H3,(H,46,49). The van der Waals surface area contributed by atoms with Crippen molar-refractivity contribution in [2.75, 3.05) is 57.3 Å². The van der Waals surface area contributed by atoms with Crippen molar-refractivity contribution in [3.63, 3.8) is 0 Å². The maximum atomic E-state index is 14.1. The number of carbonyl (C=O) groups is 1. The summed E-state index contributed by atoms with van der Waals surface area (Å²) in [5, 5.41) is 8.83. The van der Waals surface area contributed by atoms with E-state index in [1.54, 1.807) is 6.20 Å². The number of aromatic amines is 1. The molecule has 5 fully saturated rings. The van der Waals surface area contributed by atoms with Gasteiger partial charge in [-0.15, -0.1) is 0 Å². The molecule has 2 aromatic heterocycles. The van der Waals surface area contributed by atoms with Gasteiger partial charge in [0.2, 0.25) is 5.91 Å². The van der Waals surface area contributed by atoms with Gasteiger partial charge in [0.15, 0.2) is 12.4 Å². The van der Waals surface area contributed by atoms with Gasteiger partial charge in [-0.05, 0) is 131 Å². The molecular weight excluding hydrogens is 708 g/mol. The monoisotopic (exact) mass is 757 g/mol. The van der Waals surface area contributed by atoms with Gasteiger partial charge in [-0.1, -0.05) is 19.6 Å². The number of aromatic nitrogens is 4. The summed E-state index contributed by atoms with van der Waals surface area (Å²) in [5.74, 6) is 0.901. The van der Waals surface area contributed by atoms with Crippen LogP contribution in [0.3, 0.4) is 0 Å². The van der Waals surface area contributed by atoms with Crippen LogP contribution in [0, 0.1) is 17.8 Å². The van der Waals surface area contributed by atoms with E-state index < -0.39 is 12.8 Å². The SMILES string of the molecule is C=CC(=O)N1CC2(CCN(c3nc(OC4CC5(CCN(CCC)CC5)C4)nc4c(OCC(F)(F)F)c(-c5c(C)ccc6[nH]ncc56)c(C5CC5)cc34)CC2)C1. The third-order valence-electron chi connectivity index (χ3n) is 13.1. The van der Waals surface area contributed by atoms with E-state index in [-0.39, 0.29) is 40.5 Å². The fraction of sp³-hybridized carbons (Fsp3) is 0.571. The molecule has 13 heteroatoms. The number of hydrogen-bond donors (Lipinski definition) is 1. The summed E-state index contributed by atoms with van der Waals surface area (Å²) in [4.78, 5) is 29.0. The van der Waals surface area contributed by atoms with Crippen LogP contribution in [-0.4, -0.2) is 101 Å². The van der Waals surface area contributed by atoms with Crippen molar-refractivity contribution in [2.24, 2.45) is 10.8 Å². The van der Waals surface area contributed by atoms with E-state index in [0.717, 1.165) is 105 Å². The van der Waals surface area contributed by atoms with Gasteiger partial charge in [0.25, 0.3) is 0 Å². The molecule has 2 aliphatic carbocycles. The molecular formula is C42H50F3N7O3. The third-order valence-corrected chi connectivity index (χ3v) is 13.1. The Labute approximate surface area is 319 Å². The number of nitrogens with one attached hydrogen (secondary N) is 1. The Balaban J connectivity index is 1.13. The predicted molar refractivity (Wildman–Crippen MR) is 206 cm³/mol. The molecule has 1 amide bonds. The van der Waals surface area contributed by atoms with Gasteiger partial charge in [-0.3, -0.25) is 9.89 Å². The predicted octanol–water partition coefficient (Wildman–Crippen LogP) is 7.95. The molecule has 9 rings (SSSR count). The molecule has 2 spiro atoms. The molecule has 5 aliphatic rings. The van der Waals surface area contributed by atoms with Crippen molar-refractivity contribution in [3.8, 4) is 22.9 Å². The van der Waals surface area contributed by atoms with Crippen LogP contribution in [0.2, 0.25) is 0 Å². The number of ether oxygens (including phenoxy) is 2. The van der Waals surface area contributed by atoms with E-state index in [1.807, 2.05) is 24.0 Å². The van der Waals surface area contributed by atoms with Gasteiger partial charge in [-0.2, -0.15) is 28.2 Å². The van der Waals surface area contributed by atoms with Gasteiger partial charge in [-0.25, -0.2) is 0 Å². The van der Waals surface area contributed by atoms with Crippen LogP contribution in [0.4, 0.5) is 19.0 Å². The smallest absolute Gasteiger partial charge is 0.422 e. The number of piperidine rings is 2. The second-order valence-electron chi connectivity index (χ2n) is 17.0. The zero-order valence-electron chi connectivity index (χ0n) is 31.8. The molecule has 0 radical (unpaired) electrons. The van der Waals surface area contributed by atoms with Crippen LogP contribution in [-0.2, 0) is 4.79 Å². The van der Waals surface area contributed by atoms with Gasteiger partial charge >= 0.3 is 12.2 Å². The third kappa shape index (κ3) is 6.80. The summed E-state index contributed by atoms with van der Waals surface area (Å²) in [6, 6.07) is 6.20. The van der Waals surface area contributed by atoms with Gasteiger partial charge in [0, 0.05) is 47.9 Å². The minimum Gasteiger partial charge on any atom is -0.481 e. The number of anilines is 1. The van der Waals surface area contributed by atoms with E-state index in [9.17, 15) is 18.0 Å². The molecule has 3 aliphatic heterocycles. The summed E-state index contributed by atoms with van der Waals surface area (Å²) in [5.41, 5.74) is 4.72. The lowest BCUT2D eigenvalue weighted by molar-refractivity contribution is -0.153. The highest BCUT2D eigenvalue weighted by Gasteiger charge is 2.48. The number of rotatable bonds is 10. The van der Waals surface area contributed by atoms with Crippen molar-refractivity contribution in [2.45, 2.75) is 89.8 Å². The molecule has 1 N–H and O–H groups in total. The van der Waals surface area contributed by atoms with E-state index in [2.05, 4.69) is 39.6 Å². The average Bonchev–Trinajstić information content (AvgIpc) is 3.88. The summed E-state index contributed by atoms with van der Waals surface area (Å²) in [7, 11) is 0. The molecule has 5 heterocycles. The first-order valence-electron chi connectivity index (χ1n) is 20.0. The molecule has 10 nitrogen and oxygen atoms in total. The number of amides is 1. The lowest BCUT2D eigenvalue weighted by atomic mass is 9.61. The number of aryl methyl sites for hydroxylation is 1. The minimum absolute atomic E-state index is 0.0401. The molecule has 0 atom stereocenters. The minimum atomic E-state index is -4.57. The number of halogens is 3. The van der Waals surface area contributed by atoms with E-state index >= 15 is 0 Å². The number of nitrogens with zero attached hydrogens (tertiary/aromatic N) is 6. The Kier molecular flexibility index (Phi) is 9.01. The number of likely N-dealkylation sites (tertiary alicyclic amines) is 2. The van der Waals surface area contributed by atoms with Crippen molar-refractivity contribution in [1.82, 2.24) is 30.0 Å². The Bertz CT molecular complexity index is 2110. The lowest BCUT2D eigenvalue weighted by Gasteiger charge is -2.54. The highest BCUT2D eigenvalue weighted by molar-refractivity contribution is 6.06. The lowest BCUT2D eigenvalue weighted by Crippen LogP contribution is -2.61. The van der Waals surface area contributed by atoms with Gasteiger partial charge in [0.1, 0.15) is 17.4 Å². The first kappa shape index (κ1) is 36.3. The van der Waals surface area contributed by atoms with Crippen LogP contribution in [0.1, 0.15) is 81.8 Å². The zero-order valence-corrected chi connectivity index (χ0v) is 31.8. The van der Waals surface area contributed by atoms with Gasteiger partial charge in [0.05, 0.1) is 11.7 Å². The van der Waals surface area contributed by atoms with Crippen LogP contribution in [0.5, 0.6) is 11.8 Å². The summed E-state index contributed by atoms with van der Waals surface area (Å²) in [6.07, 6.45) is 7.33. The Hall–Kier alpha value is -4.39. The van der Waals surface area contributed by atoms with Crippen LogP contribution < -0.4 is 14.4 Å².